The first kappa shape index (κ1) is 12.4. The van der Waals surface area contributed by atoms with Gasteiger partial charge >= 0.3 is 0 Å². The van der Waals surface area contributed by atoms with Crippen LogP contribution >= 0.6 is 11.6 Å². The molecule has 2 rings (SSSR count). The molecule has 0 bridgehead atoms. The van der Waals surface area contributed by atoms with E-state index < -0.39 is 23.1 Å². The van der Waals surface area contributed by atoms with Gasteiger partial charge in [-0.1, -0.05) is 11.6 Å². The van der Waals surface area contributed by atoms with E-state index in [0.717, 1.165) is 18.2 Å². The number of anilines is 1. The van der Waals surface area contributed by atoms with Crippen molar-refractivity contribution in [3.8, 4) is 0 Å². The van der Waals surface area contributed by atoms with Crippen LogP contribution in [0.25, 0.3) is 0 Å². The second-order valence-electron chi connectivity index (χ2n) is 3.28. The van der Waals surface area contributed by atoms with Crippen molar-refractivity contribution in [3.05, 3.63) is 52.8 Å². The van der Waals surface area contributed by atoms with Crippen LogP contribution in [0.1, 0.15) is 10.4 Å². The van der Waals surface area contributed by atoms with Crippen LogP contribution in [0.4, 0.5) is 14.7 Å². The maximum Gasteiger partial charge on any atom is 0.261 e. The van der Waals surface area contributed by atoms with Gasteiger partial charge in [0.1, 0.15) is 16.8 Å². The summed E-state index contributed by atoms with van der Waals surface area (Å²) in [6.07, 6.45) is 1.33. The Kier molecular flexibility index (Phi) is 3.47. The van der Waals surface area contributed by atoms with Gasteiger partial charge in [-0.2, -0.15) is 0 Å². The highest BCUT2D eigenvalue weighted by Gasteiger charge is 2.14. The fourth-order valence-corrected chi connectivity index (χ4v) is 1.37. The van der Waals surface area contributed by atoms with E-state index in [1.54, 1.807) is 0 Å². The van der Waals surface area contributed by atoms with Gasteiger partial charge in [-0.15, -0.1) is 0 Å². The zero-order chi connectivity index (χ0) is 13.1. The Labute approximate surface area is 106 Å². The number of hydrogen-bond acceptors (Lipinski definition) is 3. The van der Waals surface area contributed by atoms with E-state index in [2.05, 4.69) is 15.3 Å². The van der Waals surface area contributed by atoms with Crippen molar-refractivity contribution in [1.29, 1.82) is 0 Å². The molecule has 0 aliphatic heterocycles. The summed E-state index contributed by atoms with van der Waals surface area (Å²) >= 11 is 5.59. The lowest BCUT2D eigenvalue weighted by Crippen LogP contribution is -2.16. The van der Waals surface area contributed by atoms with Gasteiger partial charge in [-0.3, -0.25) is 10.1 Å². The SMILES string of the molecule is O=C(Nc1nccc(Cl)n1)c1cc(F)ccc1F. The fourth-order valence-electron chi connectivity index (χ4n) is 1.24. The lowest BCUT2D eigenvalue weighted by Gasteiger charge is -2.04. The number of benzene rings is 1. The molecule has 7 heteroatoms. The topological polar surface area (TPSA) is 54.9 Å². The van der Waals surface area contributed by atoms with E-state index in [4.69, 9.17) is 11.6 Å². The van der Waals surface area contributed by atoms with Crippen LogP contribution < -0.4 is 5.32 Å². The summed E-state index contributed by atoms with van der Waals surface area (Å²) in [4.78, 5) is 19.1. The third kappa shape index (κ3) is 2.78. The van der Waals surface area contributed by atoms with Gasteiger partial charge < -0.3 is 0 Å². The van der Waals surface area contributed by atoms with Gasteiger partial charge in [0, 0.05) is 6.20 Å². The maximum atomic E-state index is 13.3. The van der Waals surface area contributed by atoms with Crippen LogP contribution in [0, 0.1) is 11.6 Å². The molecule has 0 unspecified atom stereocenters. The minimum Gasteiger partial charge on any atom is -0.290 e. The van der Waals surface area contributed by atoms with Crippen molar-refractivity contribution in [2.24, 2.45) is 0 Å². The van der Waals surface area contributed by atoms with Crippen LogP contribution in [0.3, 0.4) is 0 Å². The molecule has 1 aromatic carbocycles. The van der Waals surface area contributed by atoms with Gasteiger partial charge in [0.2, 0.25) is 5.95 Å². The minimum atomic E-state index is -0.853. The Morgan fingerprint density at radius 2 is 2.06 bits per heavy atom. The number of nitrogens with zero attached hydrogens (tertiary/aromatic N) is 2. The molecule has 0 aliphatic carbocycles. The van der Waals surface area contributed by atoms with Gasteiger partial charge in [0.05, 0.1) is 5.56 Å². The average Bonchev–Trinajstić information content (AvgIpc) is 2.32. The molecule has 0 saturated heterocycles. The smallest absolute Gasteiger partial charge is 0.261 e. The predicted molar refractivity (Wildman–Crippen MR) is 61.4 cm³/mol. The van der Waals surface area contributed by atoms with E-state index in [1.165, 1.54) is 12.3 Å². The minimum absolute atomic E-state index is 0.0869. The van der Waals surface area contributed by atoms with Gasteiger partial charge in [-0.25, -0.2) is 18.7 Å². The quantitative estimate of drug-likeness (QED) is 0.853. The van der Waals surface area contributed by atoms with Crippen molar-refractivity contribution in [1.82, 2.24) is 9.97 Å². The summed E-state index contributed by atoms with van der Waals surface area (Å²) in [5, 5.41) is 2.34. The summed E-state index contributed by atoms with van der Waals surface area (Å²) in [7, 11) is 0. The Morgan fingerprint density at radius 3 is 2.78 bits per heavy atom. The van der Waals surface area contributed by atoms with E-state index in [-0.39, 0.29) is 11.1 Å². The third-order valence-corrected chi connectivity index (χ3v) is 2.23. The van der Waals surface area contributed by atoms with Crippen molar-refractivity contribution in [2.75, 3.05) is 5.32 Å². The van der Waals surface area contributed by atoms with Crippen molar-refractivity contribution >= 4 is 23.5 Å². The summed E-state index contributed by atoms with van der Waals surface area (Å²) in [6.45, 7) is 0. The molecular formula is C11H6ClF2N3O. The Balaban J connectivity index is 2.24. The Hall–Kier alpha value is -2.08. The zero-order valence-electron chi connectivity index (χ0n) is 8.82. The molecule has 0 saturated carbocycles. The highest BCUT2D eigenvalue weighted by molar-refractivity contribution is 6.29. The lowest BCUT2D eigenvalue weighted by atomic mass is 10.2. The molecule has 0 spiro atoms. The molecule has 1 aromatic heterocycles. The molecule has 0 atom stereocenters. The van der Waals surface area contributed by atoms with Gasteiger partial charge in [-0.05, 0) is 24.3 Å². The summed E-state index contributed by atoms with van der Waals surface area (Å²) in [5.74, 6) is -2.49. The Morgan fingerprint density at radius 1 is 1.28 bits per heavy atom. The number of hydrogen-bond donors (Lipinski definition) is 1. The summed E-state index contributed by atoms with van der Waals surface area (Å²) < 4.78 is 26.2. The van der Waals surface area contributed by atoms with Crippen LogP contribution in [0.2, 0.25) is 5.15 Å². The first-order valence-corrected chi connectivity index (χ1v) is 5.19. The molecule has 1 heterocycles. The second-order valence-corrected chi connectivity index (χ2v) is 3.67. The molecular weight excluding hydrogens is 264 g/mol. The first-order chi connectivity index (χ1) is 8.56. The molecule has 92 valence electrons. The molecule has 2 aromatic rings. The largest absolute Gasteiger partial charge is 0.290 e. The number of carbonyl (C=O) groups excluding carboxylic acids is 1. The number of rotatable bonds is 2. The number of aromatic nitrogens is 2. The predicted octanol–water partition coefficient (Wildman–Crippen LogP) is 2.66. The zero-order valence-corrected chi connectivity index (χ0v) is 9.58. The molecule has 0 fully saturated rings. The molecule has 0 radical (unpaired) electrons. The van der Waals surface area contributed by atoms with Crippen molar-refractivity contribution in [2.45, 2.75) is 0 Å². The third-order valence-electron chi connectivity index (χ3n) is 2.02. The van der Waals surface area contributed by atoms with E-state index in [9.17, 15) is 13.6 Å². The van der Waals surface area contributed by atoms with Gasteiger partial charge in [0.25, 0.3) is 5.91 Å². The van der Waals surface area contributed by atoms with E-state index in [0.29, 0.717) is 0 Å². The Bertz CT molecular complexity index is 607. The fraction of sp³-hybridized carbons (Fsp3) is 0. The van der Waals surface area contributed by atoms with Crippen molar-refractivity contribution < 1.29 is 13.6 Å². The molecule has 1 amide bonds. The maximum absolute atomic E-state index is 13.3. The lowest BCUT2D eigenvalue weighted by molar-refractivity contribution is 0.102. The van der Waals surface area contributed by atoms with Gasteiger partial charge in [0.15, 0.2) is 0 Å². The monoisotopic (exact) mass is 269 g/mol. The second kappa shape index (κ2) is 5.05. The highest BCUT2D eigenvalue weighted by atomic mass is 35.5. The van der Waals surface area contributed by atoms with Crippen LogP contribution in [-0.4, -0.2) is 15.9 Å². The number of halogens is 3. The molecule has 18 heavy (non-hydrogen) atoms. The summed E-state index contributed by atoms with van der Waals surface area (Å²) in [5.41, 5.74) is -0.432. The molecule has 4 nitrogen and oxygen atoms in total. The number of amides is 1. The first-order valence-electron chi connectivity index (χ1n) is 4.81. The molecule has 0 aliphatic rings. The van der Waals surface area contributed by atoms with E-state index in [1.807, 2.05) is 0 Å². The number of carbonyl (C=O) groups is 1. The van der Waals surface area contributed by atoms with Crippen LogP contribution in [0.5, 0.6) is 0 Å². The van der Waals surface area contributed by atoms with Crippen LogP contribution in [0.15, 0.2) is 30.5 Å². The summed E-state index contributed by atoms with van der Waals surface area (Å²) in [6, 6.07) is 3.99. The highest BCUT2D eigenvalue weighted by Crippen LogP contribution is 2.12. The molecule has 1 N–H and O–H groups in total. The van der Waals surface area contributed by atoms with E-state index >= 15 is 0 Å². The standard InChI is InChI=1S/C11H6ClF2N3O/c12-9-3-4-15-11(16-9)17-10(18)7-5-6(13)1-2-8(7)14/h1-5H,(H,15,16,17,18). The average molecular weight is 270 g/mol. The van der Waals surface area contributed by atoms with Crippen LogP contribution in [-0.2, 0) is 0 Å². The normalized spacial score (nSPS) is 10.2. The number of nitrogens with one attached hydrogen (secondary N) is 1. The van der Waals surface area contributed by atoms with Crippen molar-refractivity contribution in [3.63, 3.8) is 0 Å².